The zero-order chi connectivity index (χ0) is 14.1. The molecule has 3 aliphatic rings. The third-order valence-electron chi connectivity index (χ3n) is 4.68. The van der Waals surface area contributed by atoms with Crippen molar-refractivity contribution in [2.75, 3.05) is 13.1 Å². The number of hydrogen-bond donors (Lipinski definition) is 2. The molecule has 3 heterocycles. The Labute approximate surface area is 118 Å². The van der Waals surface area contributed by atoms with Crippen molar-refractivity contribution in [1.82, 2.24) is 10.2 Å². The number of carboxylic acid groups (broad SMARTS) is 1. The molecule has 0 aromatic carbocycles. The third kappa shape index (κ3) is 2.90. The van der Waals surface area contributed by atoms with E-state index in [1.54, 1.807) is 4.90 Å². The lowest BCUT2D eigenvalue weighted by molar-refractivity contribution is -0.138. The zero-order valence-electron chi connectivity index (χ0n) is 11.6. The number of rotatable bonds is 3. The summed E-state index contributed by atoms with van der Waals surface area (Å²) in [5.41, 5.74) is 0. The van der Waals surface area contributed by atoms with Gasteiger partial charge < -0.3 is 20.1 Å². The van der Waals surface area contributed by atoms with Crippen LogP contribution in [0.3, 0.4) is 0 Å². The van der Waals surface area contributed by atoms with Crippen LogP contribution in [0, 0.1) is 5.92 Å². The van der Waals surface area contributed by atoms with Crippen molar-refractivity contribution >= 4 is 12.0 Å². The minimum Gasteiger partial charge on any atom is -0.481 e. The van der Waals surface area contributed by atoms with Crippen LogP contribution in [-0.4, -0.2) is 53.3 Å². The number of aliphatic carboxylic acids is 1. The fourth-order valence-electron chi connectivity index (χ4n) is 3.70. The standard InChI is InChI=1S/C14H22N2O4/c17-13(18)6-9-2-1-5-16(8-9)14(19)15-11-7-10-3-4-12(11)20-10/h9-12H,1-8H2,(H,15,19)(H,17,18). The van der Waals surface area contributed by atoms with Crippen molar-refractivity contribution in [3.8, 4) is 0 Å². The van der Waals surface area contributed by atoms with Gasteiger partial charge in [-0.05, 0) is 38.0 Å². The molecule has 3 fully saturated rings. The van der Waals surface area contributed by atoms with Gasteiger partial charge in [0.05, 0.1) is 18.2 Å². The molecule has 2 amide bonds. The second kappa shape index (κ2) is 5.60. The molecular formula is C14H22N2O4. The predicted molar refractivity (Wildman–Crippen MR) is 71.4 cm³/mol. The number of fused-ring (bicyclic) bond motifs is 2. The average Bonchev–Trinajstić information content (AvgIpc) is 3.00. The molecular weight excluding hydrogens is 260 g/mol. The van der Waals surface area contributed by atoms with Crippen LogP contribution in [0.1, 0.15) is 38.5 Å². The molecule has 20 heavy (non-hydrogen) atoms. The van der Waals surface area contributed by atoms with E-state index in [9.17, 15) is 9.59 Å². The molecule has 0 aromatic heterocycles. The molecule has 2 bridgehead atoms. The van der Waals surface area contributed by atoms with Crippen LogP contribution in [0.25, 0.3) is 0 Å². The number of hydrogen-bond acceptors (Lipinski definition) is 3. The minimum atomic E-state index is -0.779. The Morgan fingerprint density at radius 1 is 1.30 bits per heavy atom. The van der Waals surface area contributed by atoms with E-state index in [0.717, 1.165) is 38.6 Å². The van der Waals surface area contributed by atoms with Crippen LogP contribution in [-0.2, 0) is 9.53 Å². The number of amides is 2. The molecule has 3 saturated heterocycles. The summed E-state index contributed by atoms with van der Waals surface area (Å²) in [7, 11) is 0. The van der Waals surface area contributed by atoms with Crippen molar-refractivity contribution in [2.45, 2.75) is 56.8 Å². The molecule has 0 radical (unpaired) electrons. The molecule has 3 rings (SSSR count). The molecule has 112 valence electrons. The van der Waals surface area contributed by atoms with E-state index in [2.05, 4.69) is 5.32 Å². The maximum Gasteiger partial charge on any atom is 0.317 e. The first kappa shape index (κ1) is 13.7. The van der Waals surface area contributed by atoms with Crippen LogP contribution >= 0.6 is 0 Å². The van der Waals surface area contributed by atoms with E-state index in [4.69, 9.17) is 9.84 Å². The van der Waals surface area contributed by atoms with E-state index in [1.807, 2.05) is 0 Å². The number of likely N-dealkylation sites (tertiary alicyclic amines) is 1. The van der Waals surface area contributed by atoms with Crippen LogP contribution < -0.4 is 5.32 Å². The Morgan fingerprint density at radius 2 is 2.15 bits per heavy atom. The summed E-state index contributed by atoms with van der Waals surface area (Å²) in [6, 6.07) is 0.0855. The average molecular weight is 282 g/mol. The summed E-state index contributed by atoms with van der Waals surface area (Å²) in [4.78, 5) is 24.8. The second-order valence-corrected chi connectivity index (χ2v) is 6.22. The molecule has 6 nitrogen and oxygen atoms in total. The molecule has 3 aliphatic heterocycles. The molecule has 4 atom stereocenters. The number of ether oxygens (including phenoxy) is 1. The van der Waals surface area contributed by atoms with Crippen molar-refractivity contribution < 1.29 is 19.4 Å². The molecule has 0 aromatic rings. The number of carboxylic acids is 1. The molecule has 0 saturated carbocycles. The number of carbonyl (C=O) groups excluding carboxylic acids is 1. The molecule has 2 N–H and O–H groups in total. The Balaban J connectivity index is 1.50. The summed E-state index contributed by atoms with van der Waals surface area (Å²) in [6.07, 6.45) is 5.52. The highest BCUT2D eigenvalue weighted by atomic mass is 16.5. The number of carbonyl (C=O) groups is 2. The van der Waals surface area contributed by atoms with Crippen LogP contribution in [0.15, 0.2) is 0 Å². The predicted octanol–water partition coefficient (Wildman–Crippen LogP) is 1.20. The van der Waals surface area contributed by atoms with Crippen LogP contribution in [0.4, 0.5) is 4.79 Å². The van der Waals surface area contributed by atoms with Gasteiger partial charge in [0.2, 0.25) is 0 Å². The lowest BCUT2D eigenvalue weighted by Crippen LogP contribution is -2.51. The molecule has 6 heteroatoms. The van der Waals surface area contributed by atoms with Crippen molar-refractivity contribution in [3.63, 3.8) is 0 Å². The van der Waals surface area contributed by atoms with Gasteiger partial charge in [0.15, 0.2) is 0 Å². The van der Waals surface area contributed by atoms with Gasteiger partial charge >= 0.3 is 12.0 Å². The van der Waals surface area contributed by atoms with E-state index in [0.29, 0.717) is 12.6 Å². The van der Waals surface area contributed by atoms with Crippen molar-refractivity contribution in [2.24, 2.45) is 5.92 Å². The zero-order valence-corrected chi connectivity index (χ0v) is 11.6. The normalized spacial score (nSPS) is 36.1. The van der Waals surface area contributed by atoms with Gasteiger partial charge in [-0.25, -0.2) is 4.79 Å². The monoisotopic (exact) mass is 282 g/mol. The summed E-state index contributed by atoms with van der Waals surface area (Å²) in [5.74, 6) is -0.693. The maximum atomic E-state index is 12.3. The van der Waals surface area contributed by atoms with Gasteiger partial charge in [0.25, 0.3) is 0 Å². The van der Waals surface area contributed by atoms with Gasteiger partial charge in [0, 0.05) is 19.5 Å². The number of piperidine rings is 1. The second-order valence-electron chi connectivity index (χ2n) is 6.22. The van der Waals surface area contributed by atoms with Gasteiger partial charge in [-0.3, -0.25) is 4.79 Å². The lowest BCUT2D eigenvalue weighted by Gasteiger charge is -2.33. The van der Waals surface area contributed by atoms with Crippen molar-refractivity contribution in [1.29, 1.82) is 0 Å². The number of nitrogens with one attached hydrogen (secondary N) is 1. The number of urea groups is 1. The summed E-state index contributed by atoms with van der Waals surface area (Å²) in [6.45, 7) is 1.28. The highest BCUT2D eigenvalue weighted by Crippen LogP contribution is 2.34. The van der Waals surface area contributed by atoms with E-state index >= 15 is 0 Å². The SMILES string of the molecule is O=C(O)CC1CCCN(C(=O)NC2CC3CCC2O3)C1. The third-order valence-corrected chi connectivity index (χ3v) is 4.68. The fraction of sp³-hybridized carbons (Fsp3) is 0.857. The Morgan fingerprint density at radius 3 is 2.80 bits per heavy atom. The Kier molecular flexibility index (Phi) is 3.83. The quantitative estimate of drug-likeness (QED) is 0.815. The molecule has 0 spiro atoms. The maximum absolute atomic E-state index is 12.3. The van der Waals surface area contributed by atoms with E-state index in [1.165, 1.54) is 0 Å². The first-order valence-corrected chi connectivity index (χ1v) is 7.54. The fourth-order valence-corrected chi connectivity index (χ4v) is 3.70. The smallest absolute Gasteiger partial charge is 0.317 e. The van der Waals surface area contributed by atoms with Crippen LogP contribution in [0.2, 0.25) is 0 Å². The molecule has 0 aliphatic carbocycles. The van der Waals surface area contributed by atoms with Gasteiger partial charge in [-0.2, -0.15) is 0 Å². The lowest BCUT2D eigenvalue weighted by atomic mass is 9.94. The summed E-state index contributed by atoms with van der Waals surface area (Å²) in [5, 5.41) is 11.9. The topological polar surface area (TPSA) is 78.9 Å². The first-order valence-electron chi connectivity index (χ1n) is 7.54. The Bertz CT molecular complexity index is 401. The summed E-state index contributed by atoms with van der Waals surface area (Å²) >= 11 is 0. The Hall–Kier alpha value is -1.30. The van der Waals surface area contributed by atoms with Gasteiger partial charge in [-0.1, -0.05) is 0 Å². The highest BCUT2D eigenvalue weighted by molar-refractivity contribution is 5.75. The summed E-state index contributed by atoms with van der Waals surface area (Å²) < 4.78 is 5.74. The van der Waals surface area contributed by atoms with Gasteiger partial charge in [-0.15, -0.1) is 0 Å². The minimum absolute atomic E-state index is 0.0544. The number of nitrogens with zero attached hydrogens (tertiary/aromatic N) is 1. The highest BCUT2D eigenvalue weighted by Gasteiger charge is 2.42. The first-order chi connectivity index (χ1) is 9.61. The van der Waals surface area contributed by atoms with Crippen LogP contribution in [0.5, 0.6) is 0 Å². The van der Waals surface area contributed by atoms with E-state index < -0.39 is 5.97 Å². The van der Waals surface area contributed by atoms with Crippen molar-refractivity contribution in [3.05, 3.63) is 0 Å². The van der Waals surface area contributed by atoms with Gasteiger partial charge in [0.1, 0.15) is 0 Å². The largest absolute Gasteiger partial charge is 0.481 e. The molecule has 4 unspecified atom stereocenters. The van der Waals surface area contributed by atoms with E-state index in [-0.39, 0.29) is 30.5 Å².